The summed E-state index contributed by atoms with van der Waals surface area (Å²) in [7, 11) is 3.44. The SMILES string of the molecule is COc1cc(C(NC(C)c2cccc(F)c2C)c2nnnn2C2CC2)n(C)n1. The number of aromatic nitrogens is 6. The van der Waals surface area contributed by atoms with Crippen LogP contribution in [0.5, 0.6) is 5.88 Å². The first-order valence-electron chi connectivity index (χ1n) is 9.36. The molecule has 0 amide bonds. The van der Waals surface area contributed by atoms with Gasteiger partial charge in [-0.15, -0.1) is 10.2 Å². The van der Waals surface area contributed by atoms with Crippen molar-refractivity contribution in [3.05, 3.63) is 52.7 Å². The molecule has 2 heterocycles. The molecule has 1 fully saturated rings. The Morgan fingerprint density at radius 2 is 2.11 bits per heavy atom. The normalized spacial score (nSPS) is 16.2. The lowest BCUT2D eigenvalue weighted by Gasteiger charge is -2.24. The van der Waals surface area contributed by atoms with Crippen LogP contribution in [0.1, 0.15) is 60.5 Å². The van der Waals surface area contributed by atoms with E-state index in [1.165, 1.54) is 6.07 Å². The number of hydrogen-bond donors (Lipinski definition) is 1. The Morgan fingerprint density at radius 1 is 1.32 bits per heavy atom. The van der Waals surface area contributed by atoms with Gasteiger partial charge in [0.05, 0.1) is 18.8 Å². The third-order valence-corrected chi connectivity index (χ3v) is 5.26. The van der Waals surface area contributed by atoms with E-state index in [0.717, 1.165) is 24.1 Å². The minimum atomic E-state index is -0.324. The smallest absolute Gasteiger partial charge is 0.232 e. The van der Waals surface area contributed by atoms with Crippen LogP contribution in [0.25, 0.3) is 0 Å². The highest BCUT2D eigenvalue weighted by Gasteiger charge is 2.33. The fraction of sp³-hybridized carbons (Fsp3) is 0.474. The molecule has 1 aromatic carbocycles. The number of nitrogens with one attached hydrogen (secondary N) is 1. The molecule has 2 atom stereocenters. The Labute approximate surface area is 162 Å². The first-order valence-corrected chi connectivity index (χ1v) is 9.36. The average molecular weight is 385 g/mol. The summed E-state index contributed by atoms with van der Waals surface area (Å²) in [5, 5.41) is 20.3. The van der Waals surface area contributed by atoms with Gasteiger partial charge in [0.2, 0.25) is 5.88 Å². The number of nitrogens with zero attached hydrogens (tertiary/aromatic N) is 6. The van der Waals surface area contributed by atoms with Gasteiger partial charge in [0.15, 0.2) is 5.82 Å². The van der Waals surface area contributed by atoms with Crippen molar-refractivity contribution in [2.45, 2.75) is 44.8 Å². The Morgan fingerprint density at radius 3 is 2.79 bits per heavy atom. The van der Waals surface area contributed by atoms with Gasteiger partial charge in [-0.25, -0.2) is 9.07 Å². The minimum Gasteiger partial charge on any atom is -0.480 e. The van der Waals surface area contributed by atoms with E-state index in [9.17, 15) is 4.39 Å². The maximum Gasteiger partial charge on any atom is 0.232 e. The standard InChI is InChI=1S/C19H24FN7O/c1-11-14(6-5-7-15(11)20)12(2)21-18(16-10-17(28-4)23-26(16)3)19-22-24-25-27(19)13-8-9-13/h5-7,10,12-13,18,21H,8-9H2,1-4H3. The molecule has 148 valence electrons. The summed E-state index contributed by atoms with van der Waals surface area (Å²) < 4.78 is 23.0. The number of hydrogen-bond acceptors (Lipinski definition) is 6. The molecule has 8 nitrogen and oxygen atoms in total. The summed E-state index contributed by atoms with van der Waals surface area (Å²) in [6, 6.07) is 6.88. The summed E-state index contributed by atoms with van der Waals surface area (Å²) in [5.41, 5.74) is 2.39. The molecular formula is C19H24FN7O. The molecule has 2 unspecified atom stereocenters. The fourth-order valence-electron chi connectivity index (χ4n) is 3.52. The summed E-state index contributed by atoms with van der Waals surface area (Å²) in [4.78, 5) is 0. The van der Waals surface area contributed by atoms with Gasteiger partial charge in [0.1, 0.15) is 11.9 Å². The summed E-state index contributed by atoms with van der Waals surface area (Å²) in [5.74, 6) is 1.02. The van der Waals surface area contributed by atoms with E-state index in [4.69, 9.17) is 4.74 Å². The lowest BCUT2D eigenvalue weighted by molar-refractivity contribution is 0.391. The lowest BCUT2D eigenvalue weighted by atomic mass is 10.0. The molecule has 4 rings (SSSR count). The molecule has 0 saturated heterocycles. The van der Waals surface area contributed by atoms with E-state index in [1.54, 1.807) is 24.8 Å². The second-order valence-electron chi connectivity index (χ2n) is 7.22. The van der Waals surface area contributed by atoms with Crippen molar-refractivity contribution in [3.8, 4) is 5.88 Å². The number of ether oxygens (including phenoxy) is 1. The van der Waals surface area contributed by atoms with Gasteiger partial charge in [-0.05, 0) is 54.3 Å². The molecule has 3 aromatic rings. The highest BCUT2D eigenvalue weighted by Crippen LogP contribution is 2.37. The summed E-state index contributed by atoms with van der Waals surface area (Å²) >= 11 is 0. The molecular weight excluding hydrogens is 361 g/mol. The van der Waals surface area contributed by atoms with Crippen LogP contribution in [0.4, 0.5) is 4.39 Å². The van der Waals surface area contributed by atoms with E-state index in [-0.39, 0.29) is 17.9 Å². The zero-order valence-corrected chi connectivity index (χ0v) is 16.4. The van der Waals surface area contributed by atoms with E-state index < -0.39 is 0 Å². The van der Waals surface area contributed by atoms with Gasteiger partial charge in [0, 0.05) is 19.2 Å². The Kier molecular flexibility index (Phi) is 4.84. The molecule has 1 aliphatic rings. The lowest BCUT2D eigenvalue weighted by Crippen LogP contribution is -2.30. The molecule has 0 aliphatic heterocycles. The first-order chi connectivity index (χ1) is 13.5. The van der Waals surface area contributed by atoms with Gasteiger partial charge >= 0.3 is 0 Å². The molecule has 9 heteroatoms. The van der Waals surface area contributed by atoms with E-state index >= 15 is 0 Å². The minimum absolute atomic E-state index is 0.133. The van der Waals surface area contributed by atoms with Crippen molar-refractivity contribution in [1.29, 1.82) is 0 Å². The van der Waals surface area contributed by atoms with E-state index in [2.05, 4.69) is 25.9 Å². The molecule has 1 aliphatic carbocycles. The Bertz CT molecular complexity index is 979. The molecule has 0 radical (unpaired) electrons. The van der Waals surface area contributed by atoms with Crippen LogP contribution in [0.3, 0.4) is 0 Å². The monoisotopic (exact) mass is 385 g/mol. The zero-order chi connectivity index (χ0) is 19.8. The van der Waals surface area contributed by atoms with Crippen LogP contribution in [0.15, 0.2) is 24.3 Å². The second-order valence-corrected chi connectivity index (χ2v) is 7.22. The molecule has 1 saturated carbocycles. The molecule has 1 N–H and O–H groups in total. The van der Waals surface area contributed by atoms with Crippen molar-refractivity contribution in [2.24, 2.45) is 7.05 Å². The van der Waals surface area contributed by atoms with Gasteiger partial charge in [-0.1, -0.05) is 12.1 Å². The quantitative estimate of drug-likeness (QED) is 0.673. The maximum atomic E-state index is 14.1. The Balaban J connectivity index is 1.73. The number of benzene rings is 1. The molecule has 0 spiro atoms. The largest absolute Gasteiger partial charge is 0.480 e. The summed E-state index contributed by atoms with van der Waals surface area (Å²) in [6.07, 6.45) is 2.13. The van der Waals surface area contributed by atoms with Crippen molar-refractivity contribution in [3.63, 3.8) is 0 Å². The van der Waals surface area contributed by atoms with E-state index in [1.807, 2.05) is 30.8 Å². The first kappa shape index (κ1) is 18.5. The van der Waals surface area contributed by atoms with Crippen molar-refractivity contribution < 1.29 is 9.13 Å². The second kappa shape index (κ2) is 7.31. The predicted molar refractivity (Wildman–Crippen MR) is 100 cm³/mol. The average Bonchev–Trinajstić information content (AvgIpc) is 3.29. The number of methoxy groups -OCH3 is 1. The van der Waals surface area contributed by atoms with Crippen molar-refractivity contribution in [1.82, 2.24) is 35.3 Å². The topological polar surface area (TPSA) is 82.7 Å². The van der Waals surface area contributed by atoms with Crippen LogP contribution in [-0.4, -0.2) is 37.1 Å². The van der Waals surface area contributed by atoms with Crippen LogP contribution in [0.2, 0.25) is 0 Å². The zero-order valence-electron chi connectivity index (χ0n) is 16.4. The van der Waals surface area contributed by atoms with E-state index in [0.29, 0.717) is 23.3 Å². The molecule has 28 heavy (non-hydrogen) atoms. The van der Waals surface area contributed by atoms with Gasteiger partial charge in [0.25, 0.3) is 0 Å². The number of halogens is 1. The van der Waals surface area contributed by atoms with Crippen molar-refractivity contribution in [2.75, 3.05) is 7.11 Å². The predicted octanol–water partition coefficient (Wildman–Crippen LogP) is 2.64. The third-order valence-electron chi connectivity index (χ3n) is 5.26. The van der Waals surface area contributed by atoms with Gasteiger partial charge < -0.3 is 4.74 Å². The van der Waals surface area contributed by atoms with Crippen molar-refractivity contribution >= 4 is 0 Å². The fourth-order valence-corrected chi connectivity index (χ4v) is 3.52. The highest BCUT2D eigenvalue weighted by molar-refractivity contribution is 5.31. The molecule has 2 aromatic heterocycles. The van der Waals surface area contributed by atoms with Gasteiger partial charge in [-0.3, -0.25) is 10.00 Å². The molecule has 0 bridgehead atoms. The number of tetrazole rings is 1. The summed E-state index contributed by atoms with van der Waals surface area (Å²) in [6.45, 7) is 3.80. The van der Waals surface area contributed by atoms with Crippen LogP contribution in [-0.2, 0) is 7.05 Å². The van der Waals surface area contributed by atoms with Crippen LogP contribution < -0.4 is 10.1 Å². The number of aryl methyl sites for hydroxylation is 1. The maximum absolute atomic E-state index is 14.1. The third kappa shape index (κ3) is 3.37. The highest BCUT2D eigenvalue weighted by atomic mass is 19.1. The Hall–Kier alpha value is -2.81. The van der Waals surface area contributed by atoms with Crippen LogP contribution >= 0.6 is 0 Å². The van der Waals surface area contributed by atoms with Crippen LogP contribution in [0, 0.1) is 12.7 Å². The van der Waals surface area contributed by atoms with Gasteiger partial charge in [-0.2, -0.15) is 0 Å². The number of rotatable bonds is 7.